The Morgan fingerprint density at radius 3 is 2.43 bits per heavy atom. The standard InChI is InChI=1S/C15H22ClFN2.2ClH/c1-11(2)10-14(19-8-6-18-7-9-19)12-4-3-5-13(16)15(12)17;;/h3-5,11,14,18H,6-10H2,1-2H3;2*1H/t14-;;/m0../s1. The van der Waals surface area contributed by atoms with E-state index < -0.39 is 0 Å². The molecule has 122 valence electrons. The first-order valence-corrected chi connectivity index (χ1v) is 7.36. The summed E-state index contributed by atoms with van der Waals surface area (Å²) in [6, 6.07) is 5.46. The zero-order valence-corrected chi connectivity index (χ0v) is 14.8. The molecule has 2 nitrogen and oxygen atoms in total. The van der Waals surface area contributed by atoms with Crippen molar-refractivity contribution in [3.05, 3.63) is 34.6 Å². The lowest BCUT2D eigenvalue weighted by Gasteiger charge is -2.36. The molecule has 1 aromatic rings. The minimum absolute atomic E-state index is 0. The summed E-state index contributed by atoms with van der Waals surface area (Å²) in [5, 5.41) is 3.56. The fourth-order valence-electron chi connectivity index (χ4n) is 2.69. The van der Waals surface area contributed by atoms with E-state index in [4.69, 9.17) is 11.6 Å². The van der Waals surface area contributed by atoms with Gasteiger partial charge in [0.05, 0.1) is 5.02 Å². The molecule has 1 fully saturated rings. The van der Waals surface area contributed by atoms with Gasteiger partial charge in [-0.05, 0) is 18.4 Å². The average Bonchev–Trinajstić information content (AvgIpc) is 2.40. The Balaban J connectivity index is 0.00000200. The maximum atomic E-state index is 14.3. The van der Waals surface area contributed by atoms with E-state index >= 15 is 0 Å². The van der Waals surface area contributed by atoms with Gasteiger partial charge in [0.25, 0.3) is 0 Å². The summed E-state index contributed by atoms with van der Waals surface area (Å²) >= 11 is 5.93. The highest BCUT2D eigenvalue weighted by atomic mass is 35.5. The Kier molecular flexibility index (Phi) is 9.83. The summed E-state index contributed by atoms with van der Waals surface area (Å²) < 4.78 is 14.3. The van der Waals surface area contributed by atoms with E-state index in [9.17, 15) is 4.39 Å². The highest BCUT2D eigenvalue weighted by molar-refractivity contribution is 6.30. The summed E-state index contributed by atoms with van der Waals surface area (Å²) in [5.41, 5.74) is 0.739. The topological polar surface area (TPSA) is 15.3 Å². The fraction of sp³-hybridized carbons (Fsp3) is 0.600. The molecule has 0 saturated carbocycles. The van der Waals surface area contributed by atoms with Crippen LogP contribution in [0, 0.1) is 11.7 Å². The molecule has 0 aliphatic carbocycles. The van der Waals surface area contributed by atoms with Crippen molar-refractivity contribution >= 4 is 36.4 Å². The van der Waals surface area contributed by atoms with Crippen molar-refractivity contribution in [1.82, 2.24) is 10.2 Å². The van der Waals surface area contributed by atoms with Crippen LogP contribution in [-0.2, 0) is 0 Å². The van der Waals surface area contributed by atoms with Crippen LogP contribution in [0.25, 0.3) is 0 Å². The molecule has 21 heavy (non-hydrogen) atoms. The molecule has 1 atom stereocenters. The number of benzene rings is 1. The minimum Gasteiger partial charge on any atom is -0.314 e. The molecule has 1 heterocycles. The molecule has 1 aromatic carbocycles. The summed E-state index contributed by atoms with van der Waals surface area (Å²) in [5.74, 6) is 0.270. The third-order valence-corrected chi connectivity index (χ3v) is 3.92. The van der Waals surface area contributed by atoms with Crippen molar-refractivity contribution < 1.29 is 4.39 Å². The molecule has 0 bridgehead atoms. The number of rotatable bonds is 4. The summed E-state index contributed by atoms with van der Waals surface area (Å²) in [4.78, 5) is 2.37. The third-order valence-electron chi connectivity index (χ3n) is 3.63. The van der Waals surface area contributed by atoms with Gasteiger partial charge in [-0.15, -0.1) is 24.8 Å². The molecule has 0 radical (unpaired) electrons. The number of halogens is 4. The molecule has 1 N–H and O–H groups in total. The van der Waals surface area contributed by atoms with Crippen molar-refractivity contribution in [2.75, 3.05) is 26.2 Å². The van der Waals surface area contributed by atoms with E-state index in [1.54, 1.807) is 6.07 Å². The van der Waals surface area contributed by atoms with Gasteiger partial charge in [0.2, 0.25) is 0 Å². The van der Waals surface area contributed by atoms with Crippen LogP contribution in [0.4, 0.5) is 4.39 Å². The van der Waals surface area contributed by atoms with Gasteiger partial charge in [-0.25, -0.2) is 4.39 Å². The van der Waals surface area contributed by atoms with E-state index in [0.29, 0.717) is 5.92 Å². The SMILES string of the molecule is CC(C)C[C@@H](c1cccc(Cl)c1F)N1CCNCC1.Cl.Cl. The van der Waals surface area contributed by atoms with E-state index in [2.05, 4.69) is 24.1 Å². The van der Waals surface area contributed by atoms with Crippen molar-refractivity contribution in [2.45, 2.75) is 26.3 Å². The normalized spacial score (nSPS) is 17.0. The Morgan fingerprint density at radius 1 is 1.24 bits per heavy atom. The van der Waals surface area contributed by atoms with Gasteiger partial charge in [0.1, 0.15) is 5.82 Å². The molecular formula is C15H24Cl3FN2. The smallest absolute Gasteiger partial charge is 0.146 e. The van der Waals surface area contributed by atoms with E-state index in [1.807, 2.05) is 12.1 Å². The molecule has 0 unspecified atom stereocenters. The lowest BCUT2D eigenvalue weighted by Crippen LogP contribution is -2.45. The molecule has 2 rings (SSSR count). The van der Waals surface area contributed by atoms with Crippen molar-refractivity contribution in [3.8, 4) is 0 Å². The van der Waals surface area contributed by atoms with E-state index in [0.717, 1.165) is 38.2 Å². The second-order valence-electron chi connectivity index (χ2n) is 5.57. The second kappa shape index (κ2) is 9.86. The summed E-state index contributed by atoms with van der Waals surface area (Å²) in [6.07, 6.45) is 0.956. The lowest BCUT2D eigenvalue weighted by atomic mass is 9.94. The molecule has 1 saturated heterocycles. The van der Waals surface area contributed by atoms with Crippen LogP contribution in [0.3, 0.4) is 0 Å². The van der Waals surface area contributed by atoms with Gasteiger partial charge in [0.15, 0.2) is 0 Å². The zero-order chi connectivity index (χ0) is 13.8. The maximum Gasteiger partial charge on any atom is 0.146 e. The minimum atomic E-state index is -0.256. The summed E-state index contributed by atoms with van der Waals surface area (Å²) in [7, 11) is 0. The van der Waals surface area contributed by atoms with Crippen LogP contribution in [0.15, 0.2) is 18.2 Å². The van der Waals surface area contributed by atoms with Gasteiger partial charge in [-0.2, -0.15) is 0 Å². The van der Waals surface area contributed by atoms with Crippen molar-refractivity contribution in [3.63, 3.8) is 0 Å². The molecule has 0 aromatic heterocycles. The van der Waals surface area contributed by atoms with Gasteiger partial charge in [0, 0.05) is 37.8 Å². The number of nitrogens with one attached hydrogen (secondary N) is 1. The van der Waals surface area contributed by atoms with Crippen LogP contribution in [0.2, 0.25) is 5.02 Å². The van der Waals surface area contributed by atoms with Crippen LogP contribution in [-0.4, -0.2) is 31.1 Å². The molecule has 1 aliphatic rings. The quantitative estimate of drug-likeness (QED) is 0.863. The molecule has 1 aliphatic heterocycles. The summed E-state index contributed by atoms with van der Waals surface area (Å²) in [6.45, 7) is 8.22. The van der Waals surface area contributed by atoms with Crippen molar-refractivity contribution in [1.29, 1.82) is 0 Å². The number of piperazine rings is 1. The largest absolute Gasteiger partial charge is 0.314 e. The van der Waals surface area contributed by atoms with Crippen molar-refractivity contribution in [2.24, 2.45) is 5.92 Å². The molecular weight excluding hydrogens is 334 g/mol. The van der Waals surface area contributed by atoms with Gasteiger partial charge >= 0.3 is 0 Å². The molecule has 6 heteroatoms. The Bertz CT molecular complexity index is 423. The van der Waals surface area contributed by atoms with Crippen LogP contribution in [0.1, 0.15) is 31.9 Å². The third kappa shape index (κ3) is 5.57. The van der Waals surface area contributed by atoms with Gasteiger partial charge in [-0.3, -0.25) is 4.90 Å². The van der Waals surface area contributed by atoms with Gasteiger partial charge < -0.3 is 5.32 Å². The highest BCUT2D eigenvalue weighted by Crippen LogP contribution is 2.32. The monoisotopic (exact) mass is 356 g/mol. The van der Waals surface area contributed by atoms with Gasteiger partial charge in [-0.1, -0.05) is 37.6 Å². The van der Waals surface area contributed by atoms with Crippen LogP contribution >= 0.6 is 36.4 Å². The Morgan fingerprint density at radius 2 is 1.86 bits per heavy atom. The highest BCUT2D eigenvalue weighted by Gasteiger charge is 2.26. The molecule has 0 spiro atoms. The number of hydrogen-bond donors (Lipinski definition) is 1. The lowest BCUT2D eigenvalue weighted by molar-refractivity contribution is 0.151. The first-order valence-electron chi connectivity index (χ1n) is 6.98. The fourth-order valence-corrected chi connectivity index (χ4v) is 2.87. The zero-order valence-electron chi connectivity index (χ0n) is 12.4. The number of hydrogen-bond acceptors (Lipinski definition) is 2. The first-order chi connectivity index (χ1) is 9.09. The first kappa shape index (κ1) is 20.9. The van der Waals surface area contributed by atoms with Crippen LogP contribution in [0.5, 0.6) is 0 Å². The Labute approximate surface area is 144 Å². The van der Waals surface area contributed by atoms with Crippen LogP contribution < -0.4 is 5.32 Å². The molecule has 0 amide bonds. The maximum absolute atomic E-state index is 14.3. The number of nitrogens with zero attached hydrogens (tertiary/aromatic N) is 1. The predicted octanol–water partition coefficient (Wildman–Crippen LogP) is 4.32. The average molecular weight is 358 g/mol. The second-order valence-corrected chi connectivity index (χ2v) is 5.98. The van der Waals surface area contributed by atoms with E-state index in [-0.39, 0.29) is 41.7 Å². The van der Waals surface area contributed by atoms with E-state index in [1.165, 1.54) is 0 Å². The Hall–Kier alpha value is -0.0600. The predicted molar refractivity (Wildman–Crippen MR) is 92.5 cm³/mol.